The largest absolute Gasteiger partial charge is 0.382 e. The maximum absolute atomic E-state index is 5.33. The first-order valence-corrected chi connectivity index (χ1v) is 36.0. The predicted molar refractivity (Wildman–Crippen MR) is 395 cm³/mol. The molecule has 0 aliphatic heterocycles. The summed E-state index contributed by atoms with van der Waals surface area (Å²) in [6, 6.07) is 31.6. The molecule has 10 nitrogen and oxygen atoms in total. The second-order valence-corrected chi connectivity index (χ2v) is 18.9. The molecule has 0 radical (unpaired) electrons. The number of hydrogen-bond acceptors (Lipinski definition) is 10. The van der Waals surface area contributed by atoms with Crippen LogP contribution >= 0.6 is 0 Å². The minimum absolute atomic E-state index is 0.623. The van der Waals surface area contributed by atoms with Gasteiger partial charge in [0.1, 0.15) is 0 Å². The van der Waals surface area contributed by atoms with Crippen LogP contribution in [0.4, 0.5) is 0 Å². The molecule has 87 heavy (non-hydrogen) atoms. The van der Waals surface area contributed by atoms with Crippen LogP contribution in [0.1, 0.15) is 250 Å². The fourth-order valence-corrected chi connectivity index (χ4v) is 7.83. The Balaban J connectivity index is -0.000000113. The monoisotopic (exact) mass is 1240 g/mol. The van der Waals surface area contributed by atoms with E-state index in [2.05, 4.69) is 115 Å². The van der Waals surface area contributed by atoms with Gasteiger partial charge < -0.3 is 49.7 Å². The highest BCUT2D eigenvalue weighted by atomic mass is 16.6. The van der Waals surface area contributed by atoms with E-state index in [4.69, 9.17) is 28.4 Å². The highest BCUT2D eigenvalue weighted by Crippen LogP contribution is 2.27. The third-order valence-corrected chi connectivity index (χ3v) is 12.3. The van der Waals surface area contributed by atoms with Gasteiger partial charge in [0.05, 0.1) is 52.9 Å². The molecule has 0 unspecified atom stereocenters. The van der Waals surface area contributed by atoms with Crippen molar-refractivity contribution in [2.24, 2.45) is 11.8 Å². The van der Waals surface area contributed by atoms with Crippen LogP contribution in [0.2, 0.25) is 0 Å². The zero-order valence-corrected chi connectivity index (χ0v) is 62.8. The van der Waals surface area contributed by atoms with Crippen molar-refractivity contribution in [1.29, 1.82) is 0 Å². The van der Waals surface area contributed by atoms with Crippen molar-refractivity contribution in [1.82, 2.24) is 21.3 Å². The van der Waals surface area contributed by atoms with Gasteiger partial charge in [-0.2, -0.15) is 0 Å². The Morgan fingerprint density at radius 2 is 0.609 bits per heavy atom. The summed E-state index contributed by atoms with van der Waals surface area (Å²) in [5.74, 6) is 2.10. The van der Waals surface area contributed by atoms with Crippen molar-refractivity contribution in [3.8, 4) is 0 Å². The average Bonchev–Trinajstić information content (AvgIpc) is 4.14. The van der Waals surface area contributed by atoms with E-state index in [1.807, 2.05) is 143 Å². The highest BCUT2D eigenvalue weighted by Gasteiger charge is 2.13. The van der Waals surface area contributed by atoms with Gasteiger partial charge in [0.2, 0.25) is 0 Å². The quantitative estimate of drug-likeness (QED) is 0.0441. The summed E-state index contributed by atoms with van der Waals surface area (Å²) in [4.78, 5) is 0. The molecule has 3 aromatic carbocycles. The zero-order valence-electron chi connectivity index (χ0n) is 62.8. The van der Waals surface area contributed by atoms with Crippen LogP contribution in [-0.4, -0.2) is 128 Å². The minimum atomic E-state index is 0.623. The number of unbranched alkanes of at least 4 members (excludes halogenated alkanes) is 3. The number of nitrogens with one attached hydrogen (secondary N) is 4. The Morgan fingerprint density at radius 3 is 0.908 bits per heavy atom. The normalized spacial score (nSPS) is 11.3. The maximum atomic E-state index is 5.33. The first-order chi connectivity index (χ1) is 43.0. The summed E-state index contributed by atoms with van der Waals surface area (Å²) < 4.78 is 30.7. The molecule has 0 saturated heterocycles. The van der Waals surface area contributed by atoms with E-state index in [0.29, 0.717) is 46.2 Å². The molecule has 0 bridgehead atoms. The fourth-order valence-electron chi connectivity index (χ4n) is 7.83. The molecular formula is C77H158N4O6. The van der Waals surface area contributed by atoms with E-state index in [-0.39, 0.29) is 0 Å². The third kappa shape index (κ3) is 99.7. The number of hydrogen-bond donors (Lipinski definition) is 4. The van der Waals surface area contributed by atoms with E-state index in [9.17, 15) is 0 Å². The van der Waals surface area contributed by atoms with Gasteiger partial charge in [0.15, 0.2) is 0 Å². The Bertz CT molecular complexity index is 1370. The molecule has 2 aliphatic carbocycles. The molecule has 0 atom stereocenters. The summed E-state index contributed by atoms with van der Waals surface area (Å²) in [5.41, 5.74) is 4.23. The number of ether oxygens (including phenoxy) is 6. The molecule has 2 fully saturated rings. The lowest BCUT2D eigenvalue weighted by Crippen LogP contribution is -2.15. The van der Waals surface area contributed by atoms with Gasteiger partial charge in [0.25, 0.3) is 0 Å². The van der Waals surface area contributed by atoms with Gasteiger partial charge >= 0.3 is 0 Å². The van der Waals surface area contributed by atoms with E-state index in [1.54, 1.807) is 14.2 Å². The van der Waals surface area contributed by atoms with Crippen molar-refractivity contribution < 1.29 is 28.4 Å². The smallest absolute Gasteiger partial charge is 0.0701 e. The van der Waals surface area contributed by atoms with Crippen molar-refractivity contribution in [3.63, 3.8) is 0 Å². The molecule has 2 aliphatic rings. The molecule has 0 amide bonds. The molecule has 2 saturated carbocycles. The van der Waals surface area contributed by atoms with Gasteiger partial charge in [0, 0.05) is 34.0 Å². The Labute approximate surface area is 547 Å². The summed E-state index contributed by atoms with van der Waals surface area (Å²) in [6.45, 7) is 46.0. The first-order valence-electron chi connectivity index (χ1n) is 36.0. The lowest BCUT2D eigenvalue weighted by Gasteiger charge is -2.20. The van der Waals surface area contributed by atoms with Crippen molar-refractivity contribution in [3.05, 3.63) is 108 Å². The molecular weight excluding hydrogens is 1080 g/mol. The van der Waals surface area contributed by atoms with E-state index < -0.39 is 0 Å². The Kier molecular flexibility index (Phi) is 132. The van der Waals surface area contributed by atoms with Crippen molar-refractivity contribution >= 4 is 0 Å². The van der Waals surface area contributed by atoms with Crippen LogP contribution in [0.3, 0.4) is 0 Å². The zero-order chi connectivity index (χ0) is 67.6. The van der Waals surface area contributed by atoms with Gasteiger partial charge in [-0.15, -0.1) is 0 Å². The van der Waals surface area contributed by atoms with Crippen LogP contribution in [-0.2, 0) is 47.8 Å². The number of methoxy groups -OCH3 is 2. The summed E-state index contributed by atoms with van der Waals surface area (Å²) in [6.07, 6.45) is 27.0. The molecule has 5 rings (SSSR count). The maximum Gasteiger partial charge on any atom is 0.0701 e. The Morgan fingerprint density at radius 1 is 0.322 bits per heavy atom. The molecule has 10 heteroatoms. The minimum Gasteiger partial charge on any atom is -0.382 e. The van der Waals surface area contributed by atoms with Crippen LogP contribution < -0.4 is 21.3 Å². The van der Waals surface area contributed by atoms with Gasteiger partial charge in [-0.05, 0) is 128 Å². The number of benzene rings is 3. The van der Waals surface area contributed by atoms with Crippen molar-refractivity contribution in [2.75, 3.05) is 128 Å². The average molecular weight is 1240 g/mol. The molecule has 4 N–H and O–H groups in total. The van der Waals surface area contributed by atoms with E-state index >= 15 is 0 Å². The van der Waals surface area contributed by atoms with Gasteiger partial charge in [-0.25, -0.2) is 0 Å². The standard InChI is InChI=1S/C11H24O4.C10H15N.C10H14.C9H19N.C8H17N.C8H11N.C7H16O2.7C2H6/c1-3-4-5-13-8-9-15-11-10-14-7-6-12-2;1-11-9-5-8-10-6-3-2-4-7-10;1-2-3-7-10-8-5-4-6-9-10;1-10-8-7-9-5-3-2-4-6-9;1-9-7-6-8-4-2-3-5-8;1-9-7-8-5-3-2-4-6-8;1-3-4-5-9-7-6-8-2;7*1-2/h3-11H2,1-2H3;2-4,6-7,11H,5,8-9H2,1H3;4-6,8-9H,2-3,7H2,1H3;9-10H,2-8H2,1H3;8-9H,2-7H2,1H3;2-6,9H,7H2,1H3;3-7H2,1-2H3;7*1-2H3. The summed E-state index contributed by atoms with van der Waals surface area (Å²) in [5, 5.41) is 12.6. The number of aryl methyl sites for hydroxylation is 2. The second kappa shape index (κ2) is 111. The molecule has 0 spiro atoms. The van der Waals surface area contributed by atoms with Crippen molar-refractivity contribution in [2.45, 2.75) is 253 Å². The summed E-state index contributed by atoms with van der Waals surface area (Å²) in [7, 11) is 11.4. The van der Waals surface area contributed by atoms with Crippen LogP contribution in [0, 0.1) is 11.8 Å². The Hall–Kier alpha value is -2.74. The topological polar surface area (TPSA) is 104 Å². The molecule has 0 aromatic heterocycles. The molecule has 3 aromatic rings. The molecule has 0 heterocycles. The molecule has 522 valence electrons. The summed E-state index contributed by atoms with van der Waals surface area (Å²) >= 11 is 0. The second-order valence-electron chi connectivity index (χ2n) is 18.9. The van der Waals surface area contributed by atoms with Crippen LogP contribution in [0.25, 0.3) is 0 Å². The highest BCUT2D eigenvalue weighted by molar-refractivity contribution is 5.15. The lowest BCUT2D eigenvalue weighted by atomic mass is 9.87. The van der Waals surface area contributed by atoms with Gasteiger partial charge in [-0.3, -0.25) is 0 Å². The lowest BCUT2D eigenvalue weighted by molar-refractivity contribution is 0.00337. The predicted octanol–water partition coefficient (Wildman–Crippen LogP) is 20.4. The van der Waals surface area contributed by atoms with E-state index in [0.717, 1.165) is 57.6 Å². The first kappa shape index (κ1) is 103. The third-order valence-electron chi connectivity index (χ3n) is 12.3. The van der Waals surface area contributed by atoms with E-state index in [1.165, 1.54) is 145 Å². The van der Waals surface area contributed by atoms with Crippen LogP contribution in [0.15, 0.2) is 91.0 Å². The van der Waals surface area contributed by atoms with Gasteiger partial charge in [-0.1, -0.05) is 286 Å². The van der Waals surface area contributed by atoms with Crippen LogP contribution in [0.5, 0.6) is 0 Å². The fraction of sp³-hybridized carbons (Fsp3) is 0.766. The SMILES string of the molecule is CC.CC.CC.CC.CC.CC.CC.CCCCOCCOC.CCCCOCCOCCOCCOC.CCCCc1ccccc1.CNCCC1CCCC1.CNCCC1CCCCC1.CNCCCc1ccccc1.CNCc1ccccc1. The number of rotatable bonds is 33.